The molecule has 1 amide bonds. The maximum atomic E-state index is 11.4. The van der Waals surface area contributed by atoms with Crippen molar-refractivity contribution in [3.63, 3.8) is 0 Å². The summed E-state index contributed by atoms with van der Waals surface area (Å²) in [5, 5.41) is 4.06. The largest absolute Gasteiger partial charge is 0.272 e. The summed E-state index contributed by atoms with van der Waals surface area (Å²) in [6, 6.07) is 9.81. The lowest BCUT2D eigenvalue weighted by molar-refractivity contribution is -0.122. The van der Waals surface area contributed by atoms with Crippen molar-refractivity contribution in [1.29, 1.82) is 0 Å². The van der Waals surface area contributed by atoms with Crippen LogP contribution in [0.4, 0.5) is 0 Å². The van der Waals surface area contributed by atoms with Crippen molar-refractivity contribution in [3.05, 3.63) is 35.9 Å². The van der Waals surface area contributed by atoms with Crippen molar-refractivity contribution in [1.82, 2.24) is 5.43 Å². The predicted octanol–water partition coefficient (Wildman–Crippen LogP) is 1.55. The molecule has 0 bridgehead atoms. The number of benzene rings is 1. The molecular formula is C11H12N2O. The van der Waals surface area contributed by atoms with Crippen molar-refractivity contribution in [2.24, 2.45) is 11.0 Å². The summed E-state index contributed by atoms with van der Waals surface area (Å²) >= 11 is 0. The van der Waals surface area contributed by atoms with Crippen LogP contribution in [0.3, 0.4) is 0 Å². The minimum atomic E-state index is -0.0857. The van der Waals surface area contributed by atoms with Gasteiger partial charge in [0.1, 0.15) is 0 Å². The molecule has 3 nitrogen and oxygen atoms in total. The number of hydrogen-bond acceptors (Lipinski definition) is 2. The van der Waals surface area contributed by atoms with Gasteiger partial charge in [0.05, 0.1) is 11.6 Å². The Bertz CT molecular complexity index is 370. The highest BCUT2D eigenvalue weighted by atomic mass is 16.2. The maximum Gasteiger partial charge on any atom is 0.249 e. The Labute approximate surface area is 82.8 Å². The van der Waals surface area contributed by atoms with E-state index in [1.54, 1.807) is 0 Å². The molecule has 1 aliphatic heterocycles. The average molecular weight is 188 g/mol. The fourth-order valence-electron chi connectivity index (χ4n) is 1.65. The van der Waals surface area contributed by atoms with Gasteiger partial charge in [-0.25, -0.2) is 5.43 Å². The lowest BCUT2D eigenvalue weighted by Crippen LogP contribution is -2.22. The van der Waals surface area contributed by atoms with Gasteiger partial charge >= 0.3 is 0 Å². The van der Waals surface area contributed by atoms with Crippen LogP contribution in [-0.4, -0.2) is 11.6 Å². The molecule has 0 radical (unpaired) electrons. The van der Waals surface area contributed by atoms with Crippen LogP contribution in [-0.2, 0) is 4.79 Å². The molecule has 0 spiro atoms. The highest BCUT2D eigenvalue weighted by Gasteiger charge is 2.28. The first kappa shape index (κ1) is 8.94. The van der Waals surface area contributed by atoms with E-state index < -0.39 is 0 Å². The molecule has 0 fully saturated rings. The molecule has 1 unspecified atom stereocenters. The minimum Gasteiger partial charge on any atom is -0.272 e. The molecule has 1 N–H and O–H groups in total. The van der Waals surface area contributed by atoms with E-state index in [1.807, 2.05) is 37.3 Å². The van der Waals surface area contributed by atoms with Crippen LogP contribution in [0.5, 0.6) is 0 Å². The summed E-state index contributed by atoms with van der Waals surface area (Å²) in [5.41, 5.74) is 4.40. The van der Waals surface area contributed by atoms with E-state index in [9.17, 15) is 4.79 Å². The first-order valence-corrected chi connectivity index (χ1v) is 4.75. The number of nitrogens with zero attached hydrogens (tertiary/aromatic N) is 1. The normalized spacial score (nSPS) is 20.5. The van der Waals surface area contributed by atoms with Gasteiger partial charge in [0, 0.05) is 0 Å². The second kappa shape index (κ2) is 3.62. The lowest BCUT2D eigenvalue weighted by atomic mass is 9.95. The molecule has 0 saturated heterocycles. The van der Waals surface area contributed by atoms with Crippen molar-refractivity contribution in [3.8, 4) is 0 Å². The van der Waals surface area contributed by atoms with Crippen molar-refractivity contribution in [2.75, 3.05) is 0 Å². The first-order valence-electron chi connectivity index (χ1n) is 4.75. The number of nitrogens with one attached hydrogen (secondary N) is 1. The first-order chi connectivity index (χ1) is 6.83. The van der Waals surface area contributed by atoms with E-state index in [0.29, 0.717) is 0 Å². The molecule has 0 saturated carbocycles. The fraction of sp³-hybridized carbons (Fsp3) is 0.273. The molecule has 0 aliphatic carbocycles. The summed E-state index contributed by atoms with van der Waals surface area (Å²) < 4.78 is 0. The van der Waals surface area contributed by atoms with E-state index in [1.165, 1.54) is 0 Å². The Morgan fingerprint density at radius 2 is 2.07 bits per heavy atom. The van der Waals surface area contributed by atoms with Crippen LogP contribution in [0.25, 0.3) is 0 Å². The van der Waals surface area contributed by atoms with Crippen LogP contribution >= 0.6 is 0 Å². The summed E-state index contributed by atoms with van der Waals surface area (Å²) in [6.07, 6.45) is 0.791. The second-order valence-corrected chi connectivity index (χ2v) is 3.30. The summed E-state index contributed by atoms with van der Waals surface area (Å²) in [7, 11) is 0. The molecule has 2 rings (SSSR count). The number of hydrogen-bond donors (Lipinski definition) is 1. The van der Waals surface area contributed by atoms with Crippen molar-refractivity contribution in [2.45, 2.75) is 13.3 Å². The quantitative estimate of drug-likeness (QED) is 0.751. The zero-order chi connectivity index (χ0) is 9.97. The number of carbonyl (C=O) groups is 1. The van der Waals surface area contributed by atoms with Gasteiger partial charge in [-0.05, 0) is 12.0 Å². The predicted molar refractivity (Wildman–Crippen MR) is 54.9 cm³/mol. The van der Waals surface area contributed by atoms with Gasteiger partial charge in [-0.1, -0.05) is 37.3 Å². The van der Waals surface area contributed by atoms with Crippen LogP contribution < -0.4 is 5.43 Å². The molecule has 3 heteroatoms. The van der Waals surface area contributed by atoms with Gasteiger partial charge in [-0.2, -0.15) is 5.10 Å². The van der Waals surface area contributed by atoms with E-state index in [4.69, 9.17) is 0 Å². The third-order valence-electron chi connectivity index (χ3n) is 2.41. The molecule has 1 aromatic rings. The lowest BCUT2D eigenvalue weighted by Gasteiger charge is -2.06. The number of hydrazone groups is 1. The Morgan fingerprint density at radius 1 is 1.36 bits per heavy atom. The molecular weight excluding hydrogens is 176 g/mol. The summed E-state index contributed by atoms with van der Waals surface area (Å²) in [5.74, 6) is -0.0799. The SMILES string of the molecule is CCC1C(=O)NN=C1c1ccccc1. The highest BCUT2D eigenvalue weighted by molar-refractivity contribution is 6.16. The van der Waals surface area contributed by atoms with E-state index in [-0.39, 0.29) is 11.8 Å². The van der Waals surface area contributed by atoms with Gasteiger partial charge in [0.25, 0.3) is 0 Å². The smallest absolute Gasteiger partial charge is 0.249 e. The monoisotopic (exact) mass is 188 g/mol. The highest BCUT2D eigenvalue weighted by Crippen LogP contribution is 2.17. The Hall–Kier alpha value is -1.64. The summed E-state index contributed by atoms with van der Waals surface area (Å²) in [4.78, 5) is 11.4. The third kappa shape index (κ3) is 1.41. The molecule has 0 aromatic heterocycles. The van der Waals surface area contributed by atoms with Gasteiger partial charge in [-0.15, -0.1) is 0 Å². The van der Waals surface area contributed by atoms with Crippen LogP contribution in [0.1, 0.15) is 18.9 Å². The third-order valence-corrected chi connectivity index (χ3v) is 2.41. The molecule has 1 heterocycles. The molecule has 1 aliphatic rings. The van der Waals surface area contributed by atoms with Crippen molar-refractivity contribution >= 4 is 11.6 Å². The molecule has 72 valence electrons. The van der Waals surface area contributed by atoms with Crippen LogP contribution in [0, 0.1) is 5.92 Å². The van der Waals surface area contributed by atoms with Gasteiger partial charge in [0.15, 0.2) is 0 Å². The second-order valence-electron chi connectivity index (χ2n) is 3.30. The van der Waals surface area contributed by atoms with Gasteiger partial charge < -0.3 is 0 Å². The van der Waals surface area contributed by atoms with Crippen molar-refractivity contribution < 1.29 is 4.79 Å². The maximum absolute atomic E-state index is 11.4. The number of rotatable bonds is 2. The molecule has 1 atom stereocenters. The van der Waals surface area contributed by atoms with Crippen LogP contribution in [0.15, 0.2) is 35.4 Å². The zero-order valence-corrected chi connectivity index (χ0v) is 8.03. The zero-order valence-electron chi connectivity index (χ0n) is 8.03. The van der Waals surface area contributed by atoms with E-state index in [0.717, 1.165) is 17.7 Å². The topological polar surface area (TPSA) is 41.5 Å². The standard InChI is InChI=1S/C11H12N2O/c1-2-9-10(12-13-11(9)14)8-6-4-3-5-7-8/h3-7,9H,2H2,1H3,(H,13,14). The minimum absolute atomic E-state index is 0.00588. The van der Waals surface area contributed by atoms with Crippen LogP contribution in [0.2, 0.25) is 0 Å². The van der Waals surface area contributed by atoms with Gasteiger partial charge in [-0.3, -0.25) is 4.79 Å². The molecule has 14 heavy (non-hydrogen) atoms. The fourth-order valence-corrected chi connectivity index (χ4v) is 1.65. The Morgan fingerprint density at radius 3 is 2.71 bits per heavy atom. The van der Waals surface area contributed by atoms with E-state index in [2.05, 4.69) is 10.5 Å². The Balaban J connectivity index is 2.32. The van der Waals surface area contributed by atoms with E-state index >= 15 is 0 Å². The number of carbonyl (C=O) groups excluding carboxylic acids is 1. The number of amides is 1. The average Bonchev–Trinajstić information content (AvgIpc) is 2.61. The summed E-state index contributed by atoms with van der Waals surface area (Å²) in [6.45, 7) is 1.99. The Kier molecular flexibility index (Phi) is 2.31. The van der Waals surface area contributed by atoms with Gasteiger partial charge in [0.2, 0.25) is 5.91 Å². The molecule has 1 aromatic carbocycles.